The third-order valence-electron chi connectivity index (χ3n) is 4.49. The Kier molecular flexibility index (Phi) is 4.63. The average Bonchev–Trinajstić information content (AvgIpc) is 3.11. The number of hydrogen-bond acceptors (Lipinski definition) is 4. The number of nitrogens with one attached hydrogen (secondary N) is 2. The maximum atomic E-state index is 12.5. The maximum absolute atomic E-state index is 12.5. The van der Waals surface area contributed by atoms with Gasteiger partial charge in [0.05, 0.1) is 18.1 Å². The van der Waals surface area contributed by atoms with Crippen LogP contribution >= 0.6 is 0 Å². The summed E-state index contributed by atoms with van der Waals surface area (Å²) in [6, 6.07) is 18.9. The molecular formula is C21H18N4O3. The lowest BCUT2D eigenvalue weighted by atomic mass is 10.1. The maximum Gasteiger partial charge on any atom is 0.266 e. The third kappa shape index (κ3) is 3.37. The minimum atomic E-state index is -0.662. The summed E-state index contributed by atoms with van der Waals surface area (Å²) in [6.07, 6.45) is 1.44. The van der Waals surface area contributed by atoms with E-state index in [2.05, 4.69) is 15.4 Å². The van der Waals surface area contributed by atoms with Gasteiger partial charge in [0.2, 0.25) is 0 Å². The van der Waals surface area contributed by atoms with Crippen molar-refractivity contribution in [2.24, 2.45) is 0 Å². The minimum Gasteiger partial charge on any atom is -0.506 e. The Balaban J connectivity index is 1.63. The first-order valence-electron chi connectivity index (χ1n) is 8.80. The molecule has 7 nitrogen and oxygen atoms in total. The number of benzene rings is 2. The summed E-state index contributed by atoms with van der Waals surface area (Å²) in [5.41, 5.74) is 1.28. The molecule has 2 aromatic heterocycles. The molecule has 0 atom stereocenters. The molecule has 0 bridgehead atoms. The van der Waals surface area contributed by atoms with E-state index in [1.54, 1.807) is 4.68 Å². The second kappa shape index (κ2) is 7.40. The largest absolute Gasteiger partial charge is 0.506 e. The molecule has 0 aliphatic heterocycles. The molecule has 0 aliphatic carbocycles. The highest BCUT2D eigenvalue weighted by Gasteiger charge is 2.21. The molecule has 140 valence electrons. The van der Waals surface area contributed by atoms with E-state index in [0.29, 0.717) is 17.6 Å². The topological polar surface area (TPSA) is 100 Å². The van der Waals surface area contributed by atoms with E-state index in [0.717, 1.165) is 11.1 Å². The van der Waals surface area contributed by atoms with Gasteiger partial charge in [-0.05, 0) is 11.1 Å². The van der Waals surface area contributed by atoms with Gasteiger partial charge in [-0.25, -0.2) is 4.68 Å². The Morgan fingerprint density at radius 2 is 1.68 bits per heavy atom. The number of aromatic hydroxyl groups is 1. The molecule has 7 heteroatoms. The molecule has 0 spiro atoms. The van der Waals surface area contributed by atoms with Crippen LogP contribution in [0.25, 0.3) is 11.0 Å². The van der Waals surface area contributed by atoms with Crippen molar-refractivity contribution in [3.05, 3.63) is 93.9 Å². The Bertz CT molecular complexity index is 1180. The molecule has 0 unspecified atom stereocenters. The molecule has 3 N–H and O–H groups in total. The highest BCUT2D eigenvalue weighted by atomic mass is 16.3. The van der Waals surface area contributed by atoms with Crippen LogP contribution in [0.5, 0.6) is 5.75 Å². The number of amides is 1. The molecule has 1 amide bonds. The number of aromatic nitrogens is 3. The van der Waals surface area contributed by atoms with Gasteiger partial charge in [-0.15, -0.1) is 0 Å². The summed E-state index contributed by atoms with van der Waals surface area (Å²) in [5.74, 6) is -1.01. The van der Waals surface area contributed by atoms with Gasteiger partial charge in [-0.1, -0.05) is 60.7 Å². The zero-order chi connectivity index (χ0) is 19.5. The molecule has 2 aromatic carbocycles. The van der Waals surface area contributed by atoms with Crippen LogP contribution in [0, 0.1) is 0 Å². The number of rotatable bonds is 5. The Hall–Kier alpha value is -3.87. The first kappa shape index (κ1) is 17.5. The average molecular weight is 374 g/mol. The fourth-order valence-electron chi connectivity index (χ4n) is 3.06. The van der Waals surface area contributed by atoms with Crippen molar-refractivity contribution in [3.8, 4) is 5.75 Å². The highest BCUT2D eigenvalue weighted by molar-refractivity contribution is 6.01. The van der Waals surface area contributed by atoms with Gasteiger partial charge in [0.25, 0.3) is 11.5 Å². The van der Waals surface area contributed by atoms with Gasteiger partial charge in [0.1, 0.15) is 17.0 Å². The van der Waals surface area contributed by atoms with Gasteiger partial charge in [-0.2, -0.15) is 5.10 Å². The Labute approximate surface area is 160 Å². The fourth-order valence-corrected chi connectivity index (χ4v) is 3.06. The molecule has 4 aromatic rings. The Morgan fingerprint density at radius 3 is 2.36 bits per heavy atom. The van der Waals surface area contributed by atoms with E-state index >= 15 is 0 Å². The SMILES string of the molecule is O=C(NCc1ccccc1)c1c(O)c2cnn(Cc3ccccc3)c2[nH]c1=O. The number of aromatic amines is 1. The van der Waals surface area contributed by atoms with E-state index in [9.17, 15) is 14.7 Å². The fraction of sp³-hybridized carbons (Fsp3) is 0.0952. The standard InChI is InChI=1S/C21H18N4O3/c26-18-16-12-23-25(13-15-9-5-2-6-10-15)19(16)24-21(28)17(18)20(27)22-11-14-7-3-1-4-8-14/h1-10,12H,11,13H2,(H,22,27)(H2,24,26,28). The molecule has 0 saturated carbocycles. The van der Waals surface area contributed by atoms with Crippen LogP contribution in [-0.2, 0) is 13.1 Å². The number of carbonyl (C=O) groups is 1. The summed E-state index contributed by atoms with van der Waals surface area (Å²) in [5, 5.41) is 17.8. The van der Waals surface area contributed by atoms with Crippen molar-refractivity contribution in [2.45, 2.75) is 13.1 Å². The number of fused-ring (bicyclic) bond motifs is 1. The normalized spacial score (nSPS) is 10.9. The van der Waals surface area contributed by atoms with Gasteiger partial charge < -0.3 is 15.4 Å². The van der Waals surface area contributed by atoms with Crippen molar-refractivity contribution in [3.63, 3.8) is 0 Å². The minimum absolute atomic E-state index is 0.254. The zero-order valence-electron chi connectivity index (χ0n) is 14.9. The number of H-pyrrole nitrogens is 1. The second-order valence-corrected chi connectivity index (χ2v) is 6.40. The number of pyridine rings is 1. The number of carbonyl (C=O) groups excluding carboxylic acids is 1. The van der Waals surface area contributed by atoms with Crippen LogP contribution in [0.4, 0.5) is 0 Å². The van der Waals surface area contributed by atoms with Crippen LogP contribution < -0.4 is 10.9 Å². The summed E-state index contributed by atoms with van der Waals surface area (Å²) >= 11 is 0. The van der Waals surface area contributed by atoms with Crippen LogP contribution in [-0.4, -0.2) is 25.8 Å². The molecule has 0 fully saturated rings. The summed E-state index contributed by atoms with van der Waals surface area (Å²) in [7, 11) is 0. The highest BCUT2D eigenvalue weighted by Crippen LogP contribution is 2.25. The van der Waals surface area contributed by atoms with Crippen molar-refractivity contribution < 1.29 is 9.90 Å². The van der Waals surface area contributed by atoms with Gasteiger partial charge >= 0.3 is 0 Å². The summed E-state index contributed by atoms with van der Waals surface area (Å²) in [4.78, 5) is 27.6. The molecule has 28 heavy (non-hydrogen) atoms. The van der Waals surface area contributed by atoms with Crippen molar-refractivity contribution in [1.29, 1.82) is 0 Å². The summed E-state index contributed by atoms with van der Waals surface area (Å²) in [6.45, 7) is 0.684. The smallest absolute Gasteiger partial charge is 0.266 e. The monoisotopic (exact) mass is 374 g/mol. The third-order valence-corrected chi connectivity index (χ3v) is 4.49. The lowest BCUT2D eigenvalue weighted by Gasteiger charge is -2.08. The number of hydrogen-bond donors (Lipinski definition) is 3. The van der Waals surface area contributed by atoms with E-state index in [4.69, 9.17) is 0 Å². The van der Waals surface area contributed by atoms with Gasteiger partial charge in [0.15, 0.2) is 0 Å². The van der Waals surface area contributed by atoms with Gasteiger partial charge in [0, 0.05) is 6.54 Å². The first-order chi connectivity index (χ1) is 13.6. The summed E-state index contributed by atoms with van der Waals surface area (Å²) < 4.78 is 1.58. The second-order valence-electron chi connectivity index (χ2n) is 6.40. The number of nitrogens with zero attached hydrogens (tertiary/aromatic N) is 2. The molecule has 0 saturated heterocycles. The Morgan fingerprint density at radius 1 is 1.04 bits per heavy atom. The first-order valence-corrected chi connectivity index (χ1v) is 8.80. The van der Waals surface area contributed by atoms with E-state index in [1.165, 1.54) is 6.20 Å². The van der Waals surface area contributed by atoms with Crippen molar-refractivity contribution in [2.75, 3.05) is 0 Å². The van der Waals surface area contributed by atoms with Crippen molar-refractivity contribution >= 4 is 16.9 Å². The molecule has 0 aliphatic rings. The molecule has 2 heterocycles. The predicted octanol–water partition coefficient (Wildman–Crippen LogP) is 2.41. The van der Waals surface area contributed by atoms with E-state index < -0.39 is 11.5 Å². The molecular weight excluding hydrogens is 356 g/mol. The van der Waals surface area contributed by atoms with Crippen LogP contribution in [0.2, 0.25) is 0 Å². The lowest BCUT2D eigenvalue weighted by Crippen LogP contribution is -2.29. The van der Waals surface area contributed by atoms with E-state index in [1.807, 2.05) is 60.7 Å². The van der Waals surface area contributed by atoms with Crippen LogP contribution in [0.3, 0.4) is 0 Å². The van der Waals surface area contributed by atoms with Gasteiger partial charge in [-0.3, -0.25) is 9.59 Å². The van der Waals surface area contributed by atoms with E-state index in [-0.39, 0.29) is 17.9 Å². The van der Waals surface area contributed by atoms with Crippen LogP contribution in [0.15, 0.2) is 71.7 Å². The predicted molar refractivity (Wildman–Crippen MR) is 105 cm³/mol. The van der Waals surface area contributed by atoms with Crippen molar-refractivity contribution in [1.82, 2.24) is 20.1 Å². The molecule has 4 rings (SSSR count). The lowest BCUT2D eigenvalue weighted by molar-refractivity contribution is 0.0947. The van der Waals surface area contributed by atoms with Crippen LogP contribution in [0.1, 0.15) is 21.5 Å². The zero-order valence-corrected chi connectivity index (χ0v) is 14.9. The quantitative estimate of drug-likeness (QED) is 0.499. The molecule has 0 radical (unpaired) electrons.